The molecule has 0 bridgehead atoms. The molecule has 0 rings (SSSR count). The number of aliphatic carboxylic acids is 2. The summed E-state index contributed by atoms with van der Waals surface area (Å²) in [6.45, 7) is 0. The summed E-state index contributed by atoms with van der Waals surface area (Å²) in [5, 5.41) is 35.7. The van der Waals surface area contributed by atoms with Gasteiger partial charge in [-0.05, 0) is 0 Å². The van der Waals surface area contributed by atoms with E-state index in [9.17, 15) is 19.8 Å². The summed E-state index contributed by atoms with van der Waals surface area (Å²) in [5.41, 5.74) is 0. The summed E-state index contributed by atoms with van der Waals surface area (Å²) < 4.78 is 0. The van der Waals surface area contributed by atoms with E-state index >= 15 is 0 Å². The monoisotopic (exact) mass is 180 g/mol. The second-order valence-electron chi connectivity index (χ2n) is 1.53. The summed E-state index contributed by atoms with van der Waals surface area (Å²) in [7, 11) is 0. The molecule has 0 aliphatic rings. The molecule has 0 aromatic heterocycles. The minimum atomic E-state index is -2.44. The van der Waals surface area contributed by atoms with Crippen molar-refractivity contribution in [3.05, 3.63) is 0 Å². The third-order valence-corrected chi connectivity index (χ3v) is 0.782. The number of aliphatic hydroxyl groups excluding tert-OH is 2. The maximum absolute atomic E-state index is 9.63. The SMILES string of the molecule is O.O=C([O-])C(O)C(O)C(=O)[O-].[Li+].[Li+]. The Kier molecular flexibility index (Phi) is 18.0. The minimum Gasteiger partial charge on any atom is -0.547 e. The quantitative estimate of drug-likeness (QED) is 0.411. The fourth-order valence-electron chi connectivity index (χ4n) is 0.258. The average Bonchev–Trinajstić information content (AvgIpc) is 1.84. The van der Waals surface area contributed by atoms with Crippen molar-refractivity contribution in [3.8, 4) is 0 Å². The van der Waals surface area contributed by atoms with Crippen molar-refractivity contribution >= 4 is 11.9 Å². The Bertz CT molecular complexity index is 143. The van der Waals surface area contributed by atoms with Crippen LogP contribution in [0.25, 0.3) is 0 Å². The van der Waals surface area contributed by atoms with Gasteiger partial charge in [0.15, 0.2) is 0 Å². The molecule has 2 unspecified atom stereocenters. The summed E-state index contributed by atoms with van der Waals surface area (Å²) in [4.78, 5) is 19.3. The molecule has 0 fully saturated rings. The van der Waals surface area contributed by atoms with Crippen molar-refractivity contribution in [2.45, 2.75) is 12.2 Å². The van der Waals surface area contributed by atoms with Crippen LogP contribution >= 0.6 is 0 Å². The fraction of sp³-hybridized carbons (Fsp3) is 0.500. The fourth-order valence-corrected chi connectivity index (χ4v) is 0.258. The summed E-state index contributed by atoms with van der Waals surface area (Å²) >= 11 is 0. The maximum atomic E-state index is 9.63. The standard InChI is InChI=1S/C4H6O6.2Li.H2O/c5-1(3(7)8)2(6)4(9)10;;;/h1-2,5-6H,(H,7,8)(H,9,10);;;1H2/q;2*+1;/p-2. The molecule has 13 heavy (non-hydrogen) atoms. The van der Waals surface area contributed by atoms with Gasteiger partial charge < -0.3 is 35.5 Å². The van der Waals surface area contributed by atoms with Crippen LogP contribution in [-0.2, 0) is 9.59 Å². The van der Waals surface area contributed by atoms with E-state index in [0.29, 0.717) is 0 Å². The molecule has 0 saturated carbocycles. The molecule has 0 aliphatic carbocycles. The average molecular weight is 180 g/mol. The maximum Gasteiger partial charge on any atom is 1.00 e. The van der Waals surface area contributed by atoms with Crippen LogP contribution in [-0.4, -0.2) is 39.8 Å². The first-order chi connectivity index (χ1) is 4.46. The number of hydrogen-bond acceptors (Lipinski definition) is 6. The second kappa shape index (κ2) is 10.1. The Labute approximate surface area is 97.4 Å². The van der Waals surface area contributed by atoms with Crippen molar-refractivity contribution in [1.29, 1.82) is 0 Å². The molecule has 0 heterocycles. The van der Waals surface area contributed by atoms with Gasteiger partial charge in [-0.15, -0.1) is 0 Å². The van der Waals surface area contributed by atoms with Gasteiger partial charge in [-0.2, -0.15) is 0 Å². The zero-order valence-corrected chi connectivity index (χ0v) is 7.18. The van der Waals surface area contributed by atoms with E-state index in [0.717, 1.165) is 0 Å². The smallest absolute Gasteiger partial charge is 0.547 e. The molecule has 0 radical (unpaired) electrons. The van der Waals surface area contributed by atoms with E-state index in [1.807, 2.05) is 0 Å². The molecule has 0 amide bonds. The van der Waals surface area contributed by atoms with Crippen LogP contribution in [0.1, 0.15) is 0 Å². The molecule has 7 nitrogen and oxygen atoms in total. The van der Waals surface area contributed by atoms with E-state index < -0.39 is 24.1 Å². The Hall–Kier alpha value is 0.0148. The summed E-state index contributed by atoms with van der Waals surface area (Å²) in [5.74, 6) is -4.12. The number of carbonyl (C=O) groups excluding carboxylic acids is 2. The molecular weight excluding hydrogens is 174 g/mol. The van der Waals surface area contributed by atoms with Crippen LogP contribution in [0.3, 0.4) is 0 Å². The molecule has 0 aliphatic heterocycles. The zero-order valence-electron chi connectivity index (χ0n) is 7.18. The first-order valence-corrected chi connectivity index (χ1v) is 2.24. The van der Waals surface area contributed by atoms with E-state index in [-0.39, 0.29) is 43.2 Å². The van der Waals surface area contributed by atoms with Gasteiger partial charge in [0.25, 0.3) is 0 Å². The number of rotatable bonds is 3. The number of hydrogen-bond donors (Lipinski definition) is 2. The van der Waals surface area contributed by atoms with Crippen LogP contribution in [0, 0.1) is 0 Å². The van der Waals surface area contributed by atoms with E-state index in [1.54, 1.807) is 0 Å². The number of carboxylic acids is 2. The van der Waals surface area contributed by atoms with Crippen LogP contribution < -0.4 is 47.9 Å². The van der Waals surface area contributed by atoms with E-state index in [4.69, 9.17) is 10.2 Å². The van der Waals surface area contributed by atoms with E-state index in [1.165, 1.54) is 0 Å². The number of carbonyl (C=O) groups is 2. The second-order valence-corrected chi connectivity index (χ2v) is 1.53. The van der Waals surface area contributed by atoms with Crippen LogP contribution in [0.2, 0.25) is 0 Å². The first-order valence-electron chi connectivity index (χ1n) is 2.24. The molecular formula is C4H6Li2O7. The van der Waals surface area contributed by atoms with Gasteiger partial charge in [0, 0.05) is 0 Å². The largest absolute Gasteiger partial charge is 1.00 e. The van der Waals surface area contributed by atoms with Crippen LogP contribution in [0.4, 0.5) is 0 Å². The van der Waals surface area contributed by atoms with Crippen molar-refractivity contribution in [1.82, 2.24) is 0 Å². The normalized spacial score (nSPS) is 12.2. The van der Waals surface area contributed by atoms with Crippen molar-refractivity contribution < 1.29 is 73.2 Å². The van der Waals surface area contributed by atoms with E-state index in [2.05, 4.69) is 0 Å². The minimum absolute atomic E-state index is 0. The molecule has 0 aromatic carbocycles. The number of aliphatic hydroxyl groups is 2. The number of carboxylic acid groups (broad SMARTS) is 2. The molecule has 4 N–H and O–H groups in total. The van der Waals surface area contributed by atoms with Crippen LogP contribution in [0.15, 0.2) is 0 Å². The molecule has 2 atom stereocenters. The zero-order chi connectivity index (χ0) is 8.31. The molecule has 0 saturated heterocycles. The summed E-state index contributed by atoms with van der Waals surface area (Å²) in [6, 6.07) is 0. The van der Waals surface area contributed by atoms with Gasteiger partial charge in [-0.3, -0.25) is 0 Å². The van der Waals surface area contributed by atoms with Gasteiger partial charge in [-0.25, -0.2) is 0 Å². The first kappa shape index (κ1) is 23.1. The Morgan fingerprint density at radius 3 is 1.15 bits per heavy atom. The molecule has 0 spiro atoms. The van der Waals surface area contributed by atoms with Gasteiger partial charge in [-0.1, -0.05) is 0 Å². The predicted octanol–water partition coefficient (Wildman–Crippen LogP) is -11.6. The topological polar surface area (TPSA) is 152 Å². The molecule has 66 valence electrons. The Morgan fingerprint density at radius 1 is 0.923 bits per heavy atom. The molecule has 9 heteroatoms. The predicted molar refractivity (Wildman–Crippen MR) is 25.6 cm³/mol. The van der Waals surface area contributed by atoms with Crippen LogP contribution in [0.5, 0.6) is 0 Å². The Balaban J connectivity index is -0.000000135. The van der Waals surface area contributed by atoms with Gasteiger partial charge >= 0.3 is 37.7 Å². The molecule has 0 aromatic rings. The third kappa shape index (κ3) is 8.35. The van der Waals surface area contributed by atoms with Crippen molar-refractivity contribution in [3.63, 3.8) is 0 Å². The van der Waals surface area contributed by atoms with Crippen molar-refractivity contribution in [2.75, 3.05) is 0 Å². The van der Waals surface area contributed by atoms with Gasteiger partial charge in [0.1, 0.15) is 12.2 Å². The summed E-state index contributed by atoms with van der Waals surface area (Å²) in [6.07, 6.45) is -4.88. The van der Waals surface area contributed by atoms with Crippen molar-refractivity contribution in [2.24, 2.45) is 0 Å². The Morgan fingerprint density at radius 2 is 1.08 bits per heavy atom. The third-order valence-electron chi connectivity index (χ3n) is 0.782. The van der Waals surface area contributed by atoms with Gasteiger partial charge in [0.2, 0.25) is 0 Å². The van der Waals surface area contributed by atoms with Gasteiger partial charge in [0.05, 0.1) is 11.9 Å².